The van der Waals surface area contributed by atoms with Crippen LogP contribution in [0.25, 0.3) is 0 Å². The van der Waals surface area contributed by atoms with Gasteiger partial charge in [0.25, 0.3) is 0 Å². The van der Waals surface area contributed by atoms with Gasteiger partial charge in [0.2, 0.25) is 5.89 Å². The van der Waals surface area contributed by atoms with Gasteiger partial charge < -0.3 is 9.73 Å². The van der Waals surface area contributed by atoms with Crippen molar-refractivity contribution in [3.05, 3.63) is 17.8 Å². The summed E-state index contributed by atoms with van der Waals surface area (Å²) in [5.74, 6) is 0.728. The van der Waals surface area contributed by atoms with Crippen LogP contribution < -0.4 is 5.32 Å². The third-order valence-corrected chi connectivity index (χ3v) is 4.48. The summed E-state index contributed by atoms with van der Waals surface area (Å²) in [5, 5.41) is 3.12. The molecule has 96 valence electrons. The summed E-state index contributed by atoms with van der Waals surface area (Å²) in [6.45, 7) is 6.58. The van der Waals surface area contributed by atoms with Gasteiger partial charge in [-0.25, -0.2) is 13.4 Å². The lowest BCUT2D eigenvalue weighted by Gasteiger charge is -2.20. The highest BCUT2D eigenvalue weighted by atomic mass is 32.2. The van der Waals surface area contributed by atoms with Gasteiger partial charge in [0.15, 0.2) is 9.84 Å². The van der Waals surface area contributed by atoms with E-state index < -0.39 is 9.84 Å². The summed E-state index contributed by atoms with van der Waals surface area (Å²) >= 11 is 0. The van der Waals surface area contributed by atoms with Crippen molar-refractivity contribution < 1.29 is 12.8 Å². The Bertz CT molecular complexity index is 499. The molecule has 1 aromatic heterocycles. The first-order chi connectivity index (χ1) is 7.78. The number of nitrogens with one attached hydrogen (secondary N) is 1. The van der Waals surface area contributed by atoms with Gasteiger partial charge in [-0.15, -0.1) is 0 Å². The number of aromatic nitrogens is 1. The second-order valence-electron chi connectivity index (χ2n) is 5.44. The smallest absolute Gasteiger partial charge is 0.212 e. The predicted molar refractivity (Wildman–Crippen MR) is 64.6 cm³/mol. The van der Waals surface area contributed by atoms with E-state index in [1.165, 1.54) is 0 Å². The first-order valence-electron chi connectivity index (χ1n) is 5.68. The molecule has 0 aromatic carbocycles. The molecule has 0 spiro atoms. The van der Waals surface area contributed by atoms with Gasteiger partial charge in [-0.3, -0.25) is 0 Å². The molecule has 1 unspecified atom stereocenters. The van der Waals surface area contributed by atoms with E-state index in [0.29, 0.717) is 12.4 Å². The Morgan fingerprint density at radius 1 is 1.47 bits per heavy atom. The van der Waals surface area contributed by atoms with Gasteiger partial charge in [0, 0.05) is 12.0 Å². The molecule has 2 rings (SSSR count). The molecule has 5 nitrogen and oxygen atoms in total. The summed E-state index contributed by atoms with van der Waals surface area (Å²) in [4.78, 5) is 4.38. The summed E-state index contributed by atoms with van der Waals surface area (Å²) in [6, 6.07) is -0.315. The van der Waals surface area contributed by atoms with Gasteiger partial charge >= 0.3 is 0 Å². The Labute approximate surface area is 102 Å². The SMILES string of the molecule is CC(C)(C)c1coc(C2CS(=O)(=O)CCN2)n1. The summed E-state index contributed by atoms with van der Waals surface area (Å²) in [7, 11) is -2.97. The maximum atomic E-state index is 11.5. The number of hydrogen-bond acceptors (Lipinski definition) is 5. The van der Waals surface area contributed by atoms with Crippen LogP contribution in [0.4, 0.5) is 0 Å². The molecule has 0 radical (unpaired) electrons. The van der Waals surface area contributed by atoms with Crippen LogP contribution in [0, 0.1) is 0 Å². The van der Waals surface area contributed by atoms with Crippen LogP contribution in [-0.2, 0) is 15.3 Å². The van der Waals surface area contributed by atoms with E-state index in [-0.39, 0.29) is 23.0 Å². The van der Waals surface area contributed by atoms with E-state index in [4.69, 9.17) is 4.42 Å². The van der Waals surface area contributed by atoms with E-state index in [1.54, 1.807) is 6.26 Å². The number of sulfone groups is 1. The van der Waals surface area contributed by atoms with Crippen LogP contribution in [0.15, 0.2) is 10.7 Å². The molecule has 17 heavy (non-hydrogen) atoms. The molecule has 1 aliphatic rings. The van der Waals surface area contributed by atoms with Gasteiger partial charge in [0.1, 0.15) is 6.26 Å². The fraction of sp³-hybridized carbons (Fsp3) is 0.727. The number of rotatable bonds is 1. The van der Waals surface area contributed by atoms with E-state index in [9.17, 15) is 8.42 Å². The topological polar surface area (TPSA) is 72.2 Å². The van der Waals surface area contributed by atoms with E-state index >= 15 is 0 Å². The number of hydrogen-bond donors (Lipinski definition) is 1. The largest absolute Gasteiger partial charge is 0.447 e. The Morgan fingerprint density at radius 3 is 2.71 bits per heavy atom. The third-order valence-electron chi connectivity index (χ3n) is 2.81. The summed E-state index contributed by atoms with van der Waals surface area (Å²) in [5.41, 5.74) is 0.757. The zero-order valence-corrected chi connectivity index (χ0v) is 11.2. The van der Waals surface area contributed by atoms with Gasteiger partial charge in [-0.1, -0.05) is 20.8 Å². The molecule has 1 N–H and O–H groups in total. The minimum atomic E-state index is -2.97. The van der Waals surface area contributed by atoms with Crippen LogP contribution in [0.5, 0.6) is 0 Å². The van der Waals surface area contributed by atoms with Crippen molar-refractivity contribution in [2.45, 2.75) is 32.2 Å². The second kappa shape index (κ2) is 4.10. The average molecular weight is 258 g/mol. The number of oxazole rings is 1. The molecule has 0 amide bonds. The highest BCUT2D eigenvalue weighted by Gasteiger charge is 2.30. The molecule has 1 fully saturated rings. The molecule has 0 aliphatic carbocycles. The normalized spacial score (nSPS) is 24.8. The molecule has 6 heteroatoms. The standard InChI is InChI=1S/C11H18N2O3S/c1-11(2,3)9-6-16-10(13-9)8-7-17(14,15)5-4-12-8/h6,8,12H,4-5,7H2,1-3H3. The highest BCUT2D eigenvalue weighted by Crippen LogP contribution is 2.24. The maximum absolute atomic E-state index is 11.5. The molecule has 2 heterocycles. The lowest BCUT2D eigenvalue weighted by Crippen LogP contribution is -2.39. The molecule has 1 aliphatic heterocycles. The molecule has 0 bridgehead atoms. The first kappa shape index (κ1) is 12.6. The van der Waals surface area contributed by atoms with E-state index in [1.807, 2.05) is 20.8 Å². The second-order valence-corrected chi connectivity index (χ2v) is 7.67. The highest BCUT2D eigenvalue weighted by molar-refractivity contribution is 7.91. The number of nitrogens with zero attached hydrogens (tertiary/aromatic N) is 1. The molecule has 0 saturated carbocycles. The third kappa shape index (κ3) is 2.87. The molecule has 1 saturated heterocycles. The van der Waals surface area contributed by atoms with Crippen molar-refractivity contribution in [3.8, 4) is 0 Å². The van der Waals surface area contributed by atoms with Crippen LogP contribution >= 0.6 is 0 Å². The Hall–Kier alpha value is -0.880. The fourth-order valence-corrected chi connectivity index (χ4v) is 3.10. The van der Waals surface area contributed by atoms with Crippen molar-refractivity contribution in [1.29, 1.82) is 0 Å². The Balaban J connectivity index is 2.21. The van der Waals surface area contributed by atoms with Crippen molar-refractivity contribution in [2.75, 3.05) is 18.1 Å². The minimum absolute atomic E-state index is 0.0666. The first-order valence-corrected chi connectivity index (χ1v) is 7.50. The molecular weight excluding hydrogens is 240 g/mol. The van der Waals surface area contributed by atoms with Crippen molar-refractivity contribution in [3.63, 3.8) is 0 Å². The lowest BCUT2D eigenvalue weighted by atomic mass is 9.93. The zero-order valence-electron chi connectivity index (χ0n) is 10.4. The lowest BCUT2D eigenvalue weighted by molar-refractivity contribution is 0.412. The molecular formula is C11H18N2O3S. The van der Waals surface area contributed by atoms with E-state index in [0.717, 1.165) is 5.69 Å². The van der Waals surface area contributed by atoms with E-state index in [2.05, 4.69) is 10.3 Å². The van der Waals surface area contributed by atoms with Crippen LogP contribution in [-0.4, -0.2) is 31.5 Å². The maximum Gasteiger partial charge on any atom is 0.212 e. The minimum Gasteiger partial charge on any atom is -0.447 e. The van der Waals surface area contributed by atoms with Crippen molar-refractivity contribution in [2.24, 2.45) is 0 Å². The molecule has 1 atom stereocenters. The van der Waals surface area contributed by atoms with Crippen LogP contribution in [0.3, 0.4) is 0 Å². The van der Waals surface area contributed by atoms with Crippen LogP contribution in [0.1, 0.15) is 38.4 Å². The summed E-state index contributed by atoms with van der Waals surface area (Å²) < 4.78 is 28.4. The van der Waals surface area contributed by atoms with Crippen molar-refractivity contribution >= 4 is 9.84 Å². The fourth-order valence-electron chi connectivity index (χ4n) is 1.74. The average Bonchev–Trinajstić information content (AvgIpc) is 2.63. The van der Waals surface area contributed by atoms with Crippen LogP contribution in [0.2, 0.25) is 0 Å². The van der Waals surface area contributed by atoms with Crippen molar-refractivity contribution in [1.82, 2.24) is 10.3 Å². The Kier molecular flexibility index (Phi) is 3.03. The van der Waals surface area contributed by atoms with Gasteiger partial charge in [-0.05, 0) is 0 Å². The zero-order chi connectivity index (χ0) is 12.7. The summed E-state index contributed by atoms with van der Waals surface area (Å²) in [6.07, 6.45) is 1.61. The predicted octanol–water partition coefficient (Wildman–Crippen LogP) is 1.03. The quantitative estimate of drug-likeness (QED) is 0.814. The Morgan fingerprint density at radius 2 is 2.18 bits per heavy atom. The monoisotopic (exact) mass is 258 g/mol. The van der Waals surface area contributed by atoms with Gasteiger partial charge in [-0.2, -0.15) is 0 Å². The van der Waals surface area contributed by atoms with Gasteiger partial charge in [0.05, 0.1) is 23.2 Å². The molecule has 1 aromatic rings.